The molecule has 0 spiro atoms. The summed E-state index contributed by atoms with van der Waals surface area (Å²) < 4.78 is 15.3. The second-order valence-electron chi connectivity index (χ2n) is 18.1. The maximum atomic E-state index is 7.16. The van der Waals surface area contributed by atoms with Gasteiger partial charge in [-0.1, -0.05) is 48.0 Å². The molecule has 2 saturated heterocycles. The summed E-state index contributed by atoms with van der Waals surface area (Å²) in [4.78, 5) is 2.90. The van der Waals surface area contributed by atoms with Gasteiger partial charge in [-0.2, -0.15) is 0 Å². The third-order valence-corrected chi connectivity index (χ3v) is 14.7. The number of likely N-dealkylation sites (tertiary alicyclic amines) is 2. The Hall–Kier alpha value is 0.320. The van der Waals surface area contributed by atoms with E-state index in [-0.39, 0.29) is 17.0 Å². The first kappa shape index (κ1) is 35.6. The number of ether oxygens (including phenoxy) is 2. The summed E-state index contributed by atoms with van der Waals surface area (Å²) in [5.74, 6) is 4.72. The lowest BCUT2D eigenvalue weighted by Gasteiger charge is -2.62. The monoisotopic (exact) mass is 678 g/mol. The summed E-state index contributed by atoms with van der Waals surface area (Å²) >= 11 is 0. The highest BCUT2D eigenvalue weighted by molar-refractivity contribution is 5.14. The standard InChI is InChI=1S/C39H71N2O2.BrH/c1-8-41(21-13-10-14-22-41)35-24-33-31-16-15-30-23-36(42-26-28(2)3)34(40-19-11-9-12-20-40)25-39(30,7)32(31)17-18-38(33,6)37(35)43-27-29(4)5;/h28-37H,8-27H2,1-7H3;1H/q+1;/p-1/t30?,31-,32-,33+,34?,35?,36?,37?,38+,39+;/m1./s1. The fourth-order valence-electron chi connectivity index (χ4n) is 12.5. The Bertz CT molecular complexity index is 916. The van der Waals surface area contributed by atoms with Crippen LogP contribution in [0.25, 0.3) is 0 Å². The first-order chi connectivity index (χ1) is 20.6. The fraction of sp³-hybridized carbons (Fsp3) is 1.00. The summed E-state index contributed by atoms with van der Waals surface area (Å²) in [6.45, 7) is 26.0. The number of piperidine rings is 2. The number of hydrogen-bond donors (Lipinski definition) is 0. The molecule has 0 bridgehead atoms. The quantitative estimate of drug-likeness (QED) is 0.298. The maximum absolute atomic E-state index is 7.16. The van der Waals surface area contributed by atoms with E-state index in [9.17, 15) is 0 Å². The van der Waals surface area contributed by atoms with Crippen LogP contribution < -0.4 is 17.0 Å². The van der Waals surface area contributed by atoms with E-state index in [1.165, 1.54) is 121 Å². The van der Waals surface area contributed by atoms with E-state index < -0.39 is 0 Å². The van der Waals surface area contributed by atoms with E-state index >= 15 is 0 Å². The van der Waals surface area contributed by atoms with E-state index in [1.807, 2.05) is 0 Å². The van der Waals surface area contributed by atoms with Crippen molar-refractivity contribution in [2.24, 2.45) is 46.3 Å². The molecule has 0 N–H and O–H groups in total. The van der Waals surface area contributed by atoms with Crippen LogP contribution in [0.5, 0.6) is 0 Å². The normalized spacial score (nSPS) is 44.1. The van der Waals surface area contributed by atoms with Crippen molar-refractivity contribution in [3.63, 3.8) is 0 Å². The lowest BCUT2D eigenvalue weighted by molar-refractivity contribution is -0.956. The Morgan fingerprint density at radius 3 is 2.09 bits per heavy atom. The molecule has 0 amide bonds. The SMILES string of the molecule is CC[N+]1(C2C[C@H]3[C@@H]4CCC5CC(OCC(C)C)C(N6CCCCC6)C[C@]5(C)[C@@H]4CC[C@]3(C)C2OCC(C)C)CCCCC1.[Br-]. The average molecular weight is 680 g/mol. The predicted octanol–water partition coefficient (Wildman–Crippen LogP) is 5.58. The molecule has 4 aliphatic carbocycles. The molecule has 256 valence electrons. The number of nitrogens with zero attached hydrogens (tertiary/aromatic N) is 2. The lowest BCUT2D eigenvalue weighted by Crippen LogP contribution is -3.00. The van der Waals surface area contributed by atoms with Crippen molar-refractivity contribution in [3.05, 3.63) is 0 Å². The molecule has 2 aliphatic heterocycles. The third kappa shape index (κ3) is 6.51. The molecule has 10 atom stereocenters. The van der Waals surface area contributed by atoms with Crippen LogP contribution in [0.1, 0.15) is 132 Å². The molecule has 0 aromatic rings. The van der Waals surface area contributed by atoms with E-state index in [4.69, 9.17) is 9.47 Å². The summed E-state index contributed by atoms with van der Waals surface area (Å²) in [7, 11) is 0. The number of rotatable bonds is 9. The van der Waals surface area contributed by atoms with Gasteiger partial charge in [0.15, 0.2) is 0 Å². The first-order valence-corrected chi connectivity index (χ1v) is 19.4. The van der Waals surface area contributed by atoms with Gasteiger partial charge in [0.1, 0.15) is 12.1 Å². The average Bonchev–Trinajstić information content (AvgIpc) is 3.32. The van der Waals surface area contributed by atoms with E-state index in [0.29, 0.717) is 47.0 Å². The Labute approximate surface area is 283 Å². The zero-order chi connectivity index (χ0) is 30.4. The van der Waals surface area contributed by atoms with E-state index in [0.717, 1.165) is 36.9 Å². The Kier molecular flexibility index (Phi) is 11.7. The number of fused-ring (bicyclic) bond motifs is 5. The van der Waals surface area contributed by atoms with Gasteiger partial charge in [-0.25, -0.2) is 0 Å². The van der Waals surface area contributed by atoms with E-state index in [1.54, 1.807) is 0 Å². The van der Waals surface area contributed by atoms with Gasteiger partial charge in [0.2, 0.25) is 0 Å². The van der Waals surface area contributed by atoms with Crippen molar-refractivity contribution in [1.29, 1.82) is 0 Å². The number of hydrogen-bond acceptors (Lipinski definition) is 3. The van der Waals surface area contributed by atoms with Gasteiger partial charge >= 0.3 is 0 Å². The minimum Gasteiger partial charge on any atom is -1.00 e. The van der Waals surface area contributed by atoms with Crippen molar-refractivity contribution < 1.29 is 30.9 Å². The summed E-state index contributed by atoms with van der Waals surface area (Å²) in [6.07, 6.45) is 19.2. The highest BCUT2D eigenvalue weighted by atomic mass is 79.9. The van der Waals surface area contributed by atoms with Gasteiger partial charge in [0.25, 0.3) is 0 Å². The van der Waals surface area contributed by atoms with Crippen LogP contribution in [0, 0.1) is 46.3 Å². The zero-order valence-electron chi connectivity index (χ0n) is 30.0. The minimum absolute atomic E-state index is 0. The van der Waals surface area contributed by atoms with Crippen LogP contribution in [0.3, 0.4) is 0 Å². The minimum atomic E-state index is 0. The highest BCUT2D eigenvalue weighted by Crippen LogP contribution is 2.68. The molecular formula is C39H71BrN2O2. The van der Waals surface area contributed by atoms with Crippen LogP contribution >= 0.6 is 0 Å². The maximum Gasteiger partial charge on any atom is 0.116 e. The topological polar surface area (TPSA) is 21.7 Å². The van der Waals surface area contributed by atoms with Crippen LogP contribution in [0.2, 0.25) is 0 Å². The van der Waals surface area contributed by atoms with Crippen molar-refractivity contribution in [2.45, 2.75) is 156 Å². The Balaban J connectivity index is 0.00000384. The molecule has 0 aromatic heterocycles. The van der Waals surface area contributed by atoms with Gasteiger partial charge < -0.3 is 30.9 Å². The van der Waals surface area contributed by atoms with Gasteiger partial charge in [-0.15, -0.1) is 0 Å². The summed E-state index contributed by atoms with van der Waals surface area (Å²) in [6, 6.07) is 1.35. The molecule has 5 heteroatoms. The first-order valence-electron chi connectivity index (χ1n) is 19.4. The van der Waals surface area contributed by atoms with Crippen LogP contribution in [0.4, 0.5) is 0 Å². The molecule has 2 heterocycles. The Morgan fingerprint density at radius 1 is 0.773 bits per heavy atom. The van der Waals surface area contributed by atoms with Crippen LogP contribution in [-0.2, 0) is 9.47 Å². The molecule has 4 saturated carbocycles. The summed E-state index contributed by atoms with van der Waals surface area (Å²) in [5.41, 5.74) is 0.824. The number of halogens is 1. The van der Waals surface area contributed by atoms with Gasteiger partial charge in [0, 0.05) is 31.1 Å². The molecule has 44 heavy (non-hydrogen) atoms. The molecule has 4 nitrogen and oxygen atoms in total. The van der Waals surface area contributed by atoms with E-state index in [2.05, 4.69) is 53.4 Å². The molecule has 6 fully saturated rings. The highest BCUT2D eigenvalue weighted by Gasteiger charge is 2.66. The summed E-state index contributed by atoms with van der Waals surface area (Å²) in [5, 5.41) is 0. The lowest BCUT2D eigenvalue weighted by atomic mass is 9.44. The van der Waals surface area contributed by atoms with Crippen molar-refractivity contribution in [3.8, 4) is 0 Å². The number of likely N-dealkylation sites (N-methyl/N-ethyl adjacent to an activating group) is 1. The Morgan fingerprint density at radius 2 is 1.43 bits per heavy atom. The van der Waals surface area contributed by atoms with Crippen molar-refractivity contribution >= 4 is 0 Å². The smallest absolute Gasteiger partial charge is 0.116 e. The second kappa shape index (κ2) is 14.4. The third-order valence-electron chi connectivity index (χ3n) is 14.7. The molecule has 0 radical (unpaired) electrons. The van der Waals surface area contributed by atoms with Crippen LogP contribution in [0.15, 0.2) is 0 Å². The van der Waals surface area contributed by atoms with Crippen molar-refractivity contribution in [1.82, 2.24) is 4.90 Å². The van der Waals surface area contributed by atoms with Gasteiger partial charge in [-0.05, 0) is 132 Å². The van der Waals surface area contributed by atoms with Crippen LogP contribution in [-0.4, -0.2) is 79.6 Å². The molecular weight excluding hydrogens is 608 g/mol. The number of quaternary nitrogens is 1. The molecule has 6 aliphatic rings. The van der Waals surface area contributed by atoms with Gasteiger partial charge in [0.05, 0.1) is 25.7 Å². The molecule has 0 aromatic carbocycles. The second-order valence-corrected chi connectivity index (χ2v) is 18.1. The van der Waals surface area contributed by atoms with Gasteiger partial charge in [-0.3, -0.25) is 4.90 Å². The fourth-order valence-corrected chi connectivity index (χ4v) is 12.5. The predicted molar refractivity (Wildman–Crippen MR) is 179 cm³/mol. The molecule has 5 unspecified atom stereocenters. The zero-order valence-corrected chi connectivity index (χ0v) is 31.6. The molecule has 6 rings (SSSR count). The largest absolute Gasteiger partial charge is 1.00 e. The van der Waals surface area contributed by atoms with Crippen molar-refractivity contribution in [2.75, 3.05) is 45.9 Å².